The summed E-state index contributed by atoms with van der Waals surface area (Å²) in [7, 11) is 1.83. The van der Waals surface area contributed by atoms with Crippen LogP contribution in [0, 0.1) is 10.1 Å². The second kappa shape index (κ2) is 5.31. The molecule has 1 aromatic carbocycles. The van der Waals surface area contributed by atoms with Gasteiger partial charge in [0.25, 0.3) is 5.69 Å². The highest BCUT2D eigenvalue weighted by atomic mass is 16.6. The number of hydrogen-bond donors (Lipinski definition) is 1. The van der Waals surface area contributed by atoms with Crippen LogP contribution in [-0.4, -0.2) is 25.1 Å². The maximum Gasteiger partial charge on any atom is 0.292 e. The van der Waals surface area contributed by atoms with Gasteiger partial charge in [0.2, 0.25) is 0 Å². The van der Waals surface area contributed by atoms with E-state index in [4.69, 9.17) is 5.73 Å². The minimum atomic E-state index is -0.367. The van der Waals surface area contributed by atoms with Crippen molar-refractivity contribution >= 4 is 11.4 Å². The first-order chi connectivity index (χ1) is 7.16. The molecule has 0 spiro atoms. The molecule has 5 nitrogen and oxygen atoms in total. The average molecular weight is 209 g/mol. The molecule has 0 bridgehead atoms. The number of hydrogen-bond acceptors (Lipinski definition) is 4. The summed E-state index contributed by atoms with van der Waals surface area (Å²) in [4.78, 5) is 12.2. The molecule has 0 radical (unpaired) electrons. The predicted octanol–water partition coefficient (Wildman–Crippen LogP) is 1.38. The maximum atomic E-state index is 10.8. The summed E-state index contributed by atoms with van der Waals surface area (Å²) in [6.45, 7) is 1.31. The zero-order chi connectivity index (χ0) is 11.3. The third-order valence-electron chi connectivity index (χ3n) is 2.19. The third-order valence-corrected chi connectivity index (χ3v) is 2.19. The van der Waals surface area contributed by atoms with Crippen molar-refractivity contribution in [2.24, 2.45) is 5.73 Å². The normalized spacial score (nSPS) is 10.0. The molecule has 0 heterocycles. The number of nitrogens with zero attached hydrogens (tertiary/aromatic N) is 2. The summed E-state index contributed by atoms with van der Waals surface area (Å²) in [5.41, 5.74) is 6.16. The molecule has 0 atom stereocenters. The molecule has 5 heteroatoms. The largest absolute Gasteiger partial charge is 0.369 e. The van der Waals surface area contributed by atoms with Crippen molar-refractivity contribution in [1.29, 1.82) is 0 Å². The van der Waals surface area contributed by atoms with Gasteiger partial charge in [-0.25, -0.2) is 0 Å². The van der Waals surface area contributed by atoms with Gasteiger partial charge in [-0.2, -0.15) is 0 Å². The third kappa shape index (κ3) is 2.92. The topological polar surface area (TPSA) is 72.4 Å². The van der Waals surface area contributed by atoms with Gasteiger partial charge >= 0.3 is 0 Å². The number of nitrogens with two attached hydrogens (primary N) is 1. The summed E-state index contributed by atoms with van der Waals surface area (Å²) in [5, 5.41) is 10.8. The van der Waals surface area contributed by atoms with Crippen LogP contribution in [-0.2, 0) is 0 Å². The summed E-state index contributed by atoms with van der Waals surface area (Å²) >= 11 is 0. The van der Waals surface area contributed by atoms with Crippen LogP contribution in [0.2, 0.25) is 0 Å². The first kappa shape index (κ1) is 11.5. The van der Waals surface area contributed by atoms with E-state index >= 15 is 0 Å². The van der Waals surface area contributed by atoms with E-state index < -0.39 is 0 Å². The number of anilines is 1. The van der Waals surface area contributed by atoms with Gasteiger partial charge in [0.05, 0.1) is 4.92 Å². The van der Waals surface area contributed by atoms with Gasteiger partial charge in [0.15, 0.2) is 0 Å². The number of benzene rings is 1. The van der Waals surface area contributed by atoms with Crippen molar-refractivity contribution in [3.8, 4) is 0 Å². The fourth-order valence-corrected chi connectivity index (χ4v) is 1.39. The number of nitro benzene ring substituents is 1. The minimum absolute atomic E-state index is 0.136. The van der Waals surface area contributed by atoms with Gasteiger partial charge in [0, 0.05) is 19.7 Å². The summed E-state index contributed by atoms with van der Waals surface area (Å²) in [6, 6.07) is 6.71. The van der Waals surface area contributed by atoms with E-state index in [0.717, 1.165) is 13.0 Å². The predicted molar refractivity (Wildman–Crippen MR) is 60.0 cm³/mol. The first-order valence-electron chi connectivity index (χ1n) is 4.81. The summed E-state index contributed by atoms with van der Waals surface area (Å²) < 4.78 is 0. The monoisotopic (exact) mass is 209 g/mol. The van der Waals surface area contributed by atoms with E-state index in [2.05, 4.69) is 0 Å². The molecule has 0 saturated heterocycles. The minimum Gasteiger partial charge on any atom is -0.369 e. The van der Waals surface area contributed by atoms with Crippen molar-refractivity contribution < 1.29 is 4.92 Å². The Labute approximate surface area is 88.6 Å². The Kier molecular flexibility index (Phi) is 4.05. The summed E-state index contributed by atoms with van der Waals surface area (Å²) in [6.07, 6.45) is 0.822. The quantitative estimate of drug-likeness (QED) is 0.587. The van der Waals surface area contributed by atoms with E-state index in [0.29, 0.717) is 12.2 Å². The lowest BCUT2D eigenvalue weighted by molar-refractivity contribution is -0.384. The van der Waals surface area contributed by atoms with Crippen molar-refractivity contribution in [2.75, 3.05) is 25.0 Å². The SMILES string of the molecule is CN(CCCN)c1ccccc1[N+](=O)[O-]. The van der Waals surface area contributed by atoms with Gasteiger partial charge in [-0.3, -0.25) is 10.1 Å². The lowest BCUT2D eigenvalue weighted by Gasteiger charge is -2.18. The Balaban J connectivity index is 2.87. The summed E-state index contributed by atoms with van der Waals surface area (Å²) in [5.74, 6) is 0. The van der Waals surface area contributed by atoms with Crippen LogP contribution in [0.4, 0.5) is 11.4 Å². The maximum absolute atomic E-state index is 10.8. The molecular weight excluding hydrogens is 194 g/mol. The molecule has 0 fully saturated rings. The van der Waals surface area contributed by atoms with Crippen LogP contribution >= 0.6 is 0 Å². The Morgan fingerprint density at radius 1 is 1.47 bits per heavy atom. The smallest absolute Gasteiger partial charge is 0.292 e. The van der Waals surface area contributed by atoms with E-state index in [9.17, 15) is 10.1 Å². The highest BCUT2D eigenvalue weighted by Crippen LogP contribution is 2.26. The Hall–Kier alpha value is -1.62. The van der Waals surface area contributed by atoms with Crippen LogP contribution < -0.4 is 10.6 Å². The molecule has 2 N–H and O–H groups in total. The molecule has 82 valence electrons. The highest BCUT2D eigenvalue weighted by molar-refractivity contribution is 5.62. The second-order valence-electron chi connectivity index (χ2n) is 3.31. The molecule has 1 aromatic rings. The molecule has 1 rings (SSSR count). The van der Waals surface area contributed by atoms with Gasteiger partial charge in [-0.1, -0.05) is 12.1 Å². The molecule has 15 heavy (non-hydrogen) atoms. The molecular formula is C10H15N3O2. The van der Waals surface area contributed by atoms with Crippen LogP contribution in [0.3, 0.4) is 0 Å². The average Bonchev–Trinajstić information content (AvgIpc) is 2.25. The lowest BCUT2D eigenvalue weighted by atomic mass is 10.2. The molecule has 0 saturated carbocycles. The fourth-order valence-electron chi connectivity index (χ4n) is 1.39. The molecule has 0 aliphatic rings. The van der Waals surface area contributed by atoms with Crippen LogP contribution in [0.5, 0.6) is 0 Å². The van der Waals surface area contributed by atoms with Crippen LogP contribution in [0.15, 0.2) is 24.3 Å². The van der Waals surface area contributed by atoms with E-state index in [1.165, 1.54) is 6.07 Å². The zero-order valence-electron chi connectivity index (χ0n) is 8.72. The molecule has 0 aliphatic carbocycles. The molecule has 0 aromatic heterocycles. The van der Waals surface area contributed by atoms with Crippen molar-refractivity contribution in [2.45, 2.75) is 6.42 Å². The standard InChI is InChI=1S/C10H15N3O2/c1-12(8-4-7-11)9-5-2-3-6-10(9)13(14)15/h2-3,5-6H,4,7-8,11H2,1H3. The Morgan fingerprint density at radius 3 is 2.73 bits per heavy atom. The second-order valence-corrected chi connectivity index (χ2v) is 3.31. The Bertz CT molecular complexity index is 341. The molecule has 0 unspecified atom stereocenters. The van der Waals surface area contributed by atoms with Crippen LogP contribution in [0.25, 0.3) is 0 Å². The van der Waals surface area contributed by atoms with Crippen molar-refractivity contribution in [1.82, 2.24) is 0 Å². The zero-order valence-corrected chi connectivity index (χ0v) is 8.72. The van der Waals surface area contributed by atoms with E-state index in [1.807, 2.05) is 11.9 Å². The number of rotatable bonds is 5. The highest BCUT2D eigenvalue weighted by Gasteiger charge is 2.14. The number of para-hydroxylation sites is 2. The molecule has 0 amide bonds. The first-order valence-corrected chi connectivity index (χ1v) is 4.81. The van der Waals surface area contributed by atoms with E-state index in [-0.39, 0.29) is 10.6 Å². The van der Waals surface area contributed by atoms with Gasteiger partial charge < -0.3 is 10.6 Å². The van der Waals surface area contributed by atoms with E-state index in [1.54, 1.807) is 18.2 Å². The lowest BCUT2D eigenvalue weighted by Crippen LogP contribution is -2.21. The van der Waals surface area contributed by atoms with Crippen molar-refractivity contribution in [3.63, 3.8) is 0 Å². The van der Waals surface area contributed by atoms with Crippen LogP contribution in [0.1, 0.15) is 6.42 Å². The fraction of sp³-hybridized carbons (Fsp3) is 0.400. The van der Waals surface area contributed by atoms with Gasteiger partial charge in [-0.15, -0.1) is 0 Å². The number of nitro groups is 1. The molecule has 0 aliphatic heterocycles. The van der Waals surface area contributed by atoms with Crippen molar-refractivity contribution in [3.05, 3.63) is 34.4 Å². The van der Waals surface area contributed by atoms with Gasteiger partial charge in [0.1, 0.15) is 5.69 Å². The van der Waals surface area contributed by atoms with Gasteiger partial charge in [-0.05, 0) is 19.0 Å². The Morgan fingerprint density at radius 2 is 2.13 bits per heavy atom.